The van der Waals surface area contributed by atoms with Crippen LogP contribution in [-0.2, 0) is 0 Å². The standard InChI is InChI=1S/C15H12O/c16-15-10-6-2-5-9-14(15)12-11-13-7-3-1-4-8-13/h1-12H/b12-11+. The predicted molar refractivity (Wildman–Crippen MR) is 68.1 cm³/mol. The average Bonchev–Trinajstić information content (AvgIpc) is 2.53. The monoisotopic (exact) mass is 208 g/mol. The summed E-state index contributed by atoms with van der Waals surface area (Å²) in [6, 6.07) is 18.8. The van der Waals surface area contributed by atoms with Gasteiger partial charge in [0, 0.05) is 5.56 Å². The van der Waals surface area contributed by atoms with Gasteiger partial charge in [0.05, 0.1) is 0 Å². The fourth-order valence-electron chi connectivity index (χ4n) is 1.43. The first-order chi connectivity index (χ1) is 7.86. The van der Waals surface area contributed by atoms with Crippen molar-refractivity contribution in [2.45, 2.75) is 0 Å². The lowest BCUT2D eigenvalue weighted by atomic mass is 10.1. The Kier molecular flexibility index (Phi) is 3.29. The Balaban J connectivity index is 2.32. The van der Waals surface area contributed by atoms with Crippen molar-refractivity contribution >= 4 is 12.2 Å². The van der Waals surface area contributed by atoms with Gasteiger partial charge in [-0.1, -0.05) is 66.7 Å². The van der Waals surface area contributed by atoms with Crippen LogP contribution < -0.4 is 5.43 Å². The number of hydrogen-bond donors (Lipinski definition) is 0. The molecule has 0 bridgehead atoms. The third-order valence-corrected chi connectivity index (χ3v) is 2.29. The molecular weight excluding hydrogens is 196 g/mol. The normalized spacial score (nSPS) is 10.5. The molecule has 0 saturated heterocycles. The first kappa shape index (κ1) is 10.4. The van der Waals surface area contributed by atoms with Gasteiger partial charge in [0.25, 0.3) is 0 Å². The fourth-order valence-corrected chi connectivity index (χ4v) is 1.43. The predicted octanol–water partition coefficient (Wildman–Crippen LogP) is 3.22. The lowest BCUT2D eigenvalue weighted by molar-refractivity contribution is 1.61. The van der Waals surface area contributed by atoms with E-state index in [0.29, 0.717) is 5.56 Å². The van der Waals surface area contributed by atoms with E-state index in [-0.39, 0.29) is 5.43 Å². The van der Waals surface area contributed by atoms with Gasteiger partial charge in [-0.2, -0.15) is 0 Å². The molecule has 0 spiro atoms. The Labute approximate surface area is 94.7 Å². The summed E-state index contributed by atoms with van der Waals surface area (Å²) >= 11 is 0. The van der Waals surface area contributed by atoms with Gasteiger partial charge in [0.15, 0.2) is 5.43 Å². The minimum Gasteiger partial charge on any atom is -0.289 e. The highest BCUT2D eigenvalue weighted by Crippen LogP contribution is 2.04. The van der Waals surface area contributed by atoms with Crippen LogP contribution in [-0.4, -0.2) is 0 Å². The molecular formula is C15H12O. The van der Waals surface area contributed by atoms with Gasteiger partial charge in [0.2, 0.25) is 0 Å². The fraction of sp³-hybridized carbons (Fsp3) is 0. The molecule has 0 aromatic heterocycles. The number of benzene rings is 1. The summed E-state index contributed by atoms with van der Waals surface area (Å²) in [6.45, 7) is 0. The summed E-state index contributed by atoms with van der Waals surface area (Å²) < 4.78 is 0. The van der Waals surface area contributed by atoms with Crippen molar-refractivity contribution in [1.82, 2.24) is 0 Å². The van der Waals surface area contributed by atoms with Crippen molar-refractivity contribution in [1.29, 1.82) is 0 Å². The van der Waals surface area contributed by atoms with E-state index in [2.05, 4.69) is 0 Å². The number of rotatable bonds is 2. The Morgan fingerprint density at radius 1 is 0.688 bits per heavy atom. The highest BCUT2D eigenvalue weighted by molar-refractivity contribution is 5.69. The van der Waals surface area contributed by atoms with Gasteiger partial charge < -0.3 is 0 Å². The van der Waals surface area contributed by atoms with E-state index in [4.69, 9.17) is 0 Å². The van der Waals surface area contributed by atoms with E-state index < -0.39 is 0 Å². The summed E-state index contributed by atoms with van der Waals surface area (Å²) in [5, 5.41) is 0. The van der Waals surface area contributed by atoms with Crippen LogP contribution in [0.15, 0.2) is 65.5 Å². The molecule has 0 unspecified atom stereocenters. The van der Waals surface area contributed by atoms with E-state index in [1.165, 1.54) is 0 Å². The Morgan fingerprint density at radius 2 is 1.31 bits per heavy atom. The maximum Gasteiger partial charge on any atom is 0.185 e. The molecule has 0 heterocycles. The zero-order valence-electron chi connectivity index (χ0n) is 8.84. The topological polar surface area (TPSA) is 17.1 Å². The van der Waals surface area contributed by atoms with E-state index in [9.17, 15) is 4.79 Å². The molecule has 0 fully saturated rings. The quantitative estimate of drug-likeness (QED) is 0.740. The first-order valence-corrected chi connectivity index (χ1v) is 5.19. The molecule has 0 saturated carbocycles. The molecule has 2 aromatic carbocycles. The second kappa shape index (κ2) is 5.08. The van der Waals surface area contributed by atoms with Crippen LogP contribution in [0, 0.1) is 0 Å². The molecule has 0 amide bonds. The third-order valence-electron chi connectivity index (χ3n) is 2.29. The minimum atomic E-state index is 0.0391. The van der Waals surface area contributed by atoms with Crippen LogP contribution in [0.5, 0.6) is 0 Å². The Bertz CT molecular complexity index is 541. The summed E-state index contributed by atoms with van der Waals surface area (Å²) in [5.41, 5.74) is 1.83. The van der Waals surface area contributed by atoms with Crippen LogP contribution in [0.4, 0.5) is 0 Å². The number of hydrogen-bond acceptors (Lipinski definition) is 1. The molecule has 78 valence electrons. The maximum absolute atomic E-state index is 11.6. The van der Waals surface area contributed by atoms with E-state index >= 15 is 0 Å². The van der Waals surface area contributed by atoms with Crippen LogP contribution in [0.1, 0.15) is 11.1 Å². The molecule has 0 radical (unpaired) electrons. The van der Waals surface area contributed by atoms with Gasteiger partial charge >= 0.3 is 0 Å². The first-order valence-electron chi connectivity index (χ1n) is 5.19. The molecule has 2 rings (SSSR count). The SMILES string of the molecule is O=c1cccccc1/C=C/c1ccccc1. The minimum absolute atomic E-state index is 0.0391. The molecule has 0 N–H and O–H groups in total. The van der Waals surface area contributed by atoms with E-state index in [0.717, 1.165) is 5.56 Å². The smallest absolute Gasteiger partial charge is 0.185 e. The van der Waals surface area contributed by atoms with Gasteiger partial charge in [-0.15, -0.1) is 0 Å². The van der Waals surface area contributed by atoms with Crippen LogP contribution in [0.3, 0.4) is 0 Å². The molecule has 1 nitrogen and oxygen atoms in total. The molecule has 0 aliphatic carbocycles. The lowest BCUT2D eigenvalue weighted by Gasteiger charge is -1.90. The molecule has 1 heteroatoms. The second-order valence-corrected chi connectivity index (χ2v) is 3.47. The van der Waals surface area contributed by atoms with Gasteiger partial charge in [-0.05, 0) is 11.6 Å². The van der Waals surface area contributed by atoms with Crippen molar-refractivity contribution in [3.8, 4) is 0 Å². The van der Waals surface area contributed by atoms with Crippen molar-refractivity contribution < 1.29 is 0 Å². The van der Waals surface area contributed by atoms with Crippen molar-refractivity contribution in [2.75, 3.05) is 0 Å². The van der Waals surface area contributed by atoms with Crippen LogP contribution in [0.2, 0.25) is 0 Å². The van der Waals surface area contributed by atoms with E-state index in [1.54, 1.807) is 12.1 Å². The summed E-state index contributed by atoms with van der Waals surface area (Å²) in [5.74, 6) is 0. The van der Waals surface area contributed by atoms with Gasteiger partial charge in [0.1, 0.15) is 0 Å². The van der Waals surface area contributed by atoms with Crippen LogP contribution >= 0.6 is 0 Å². The van der Waals surface area contributed by atoms with Crippen molar-refractivity contribution in [3.63, 3.8) is 0 Å². The zero-order chi connectivity index (χ0) is 11.2. The molecule has 16 heavy (non-hydrogen) atoms. The second-order valence-electron chi connectivity index (χ2n) is 3.47. The summed E-state index contributed by atoms with van der Waals surface area (Å²) in [6.07, 6.45) is 3.79. The molecule has 0 atom stereocenters. The molecule has 0 aliphatic heterocycles. The van der Waals surface area contributed by atoms with Crippen molar-refractivity contribution in [2.24, 2.45) is 0 Å². The highest BCUT2D eigenvalue weighted by Gasteiger charge is 1.90. The molecule has 0 aliphatic rings. The van der Waals surface area contributed by atoms with Gasteiger partial charge in [-0.3, -0.25) is 4.79 Å². The average molecular weight is 208 g/mol. The summed E-state index contributed by atoms with van der Waals surface area (Å²) in [4.78, 5) is 11.6. The Morgan fingerprint density at radius 3 is 2.06 bits per heavy atom. The Hall–Kier alpha value is -2.15. The lowest BCUT2D eigenvalue weighted by Crippen LogP contribution is -1.97. The maximum atomic E-state index is 11.6. The summed E-state index contributed by atoms with van der Waals surface area (Å²) in [7, 11) is 0. The van der Waals surface area contributed by atoms with E-state index in [1.807, 2.05) is 60.7 Å². The van der Waals surface area contributed by atoms with Crippen molar-refractivity contribution in [3.05, 3.63) is 82.0 Å². The van der Waals surface area contributed by atoms with Crippen LogP contribution in [0.25, 0.3) is 12.2 Å². The van der Waals surface area contributed by atoms with Gasteiger partial charge in [-0.25, -0.2) is 0 Å². The molecule has 2 aromatic rings. The largest absolute Gasteiger partial charge is 0.289 e. The zero-order valence-corrected chi connectivity index (χ0v) is 8.84. The highest BCUT2D eigenvalue weighted by atomic mass is 16.1. The third kappa shape index (κ3) is 2.67.